The van der Waals surface area contributed by atoms with Crippen LogP contribution < -0.4 is 0 Å². The highest BCUT2D eigenvalue weighted by atomic mass is 19.3. The Balaban J connectivity index is 2.50. The summed E-state index contributed by atoms with van der Waals surface area (Å²) in [6.07, 6.45) is -0.839. The summed E-state index contributed by atoms with van der Waals surface area (Å²) in [7, 11) is 0. The Kier molecular flexibility index (Phi) is 4.73. The summed E-state index contributed by atoms with van der Waals surface area (Å²) in [6.45, 7) is 4.27. The maximum Gasteiger partial charge on any atom is 0.238 e. The molecule has 0 aliphatic heterocycles. The molecule has 0 fully saturated rings. The average molecular weight is 212 g/mol. The van der Waals surface area contributed by atoms with Crippen molar-refractivity contribution < 1.29 is 8.78 Å². The fourth-order valence-corrected chi connectivity index (χ4v) is 1.57. The number of halogens is 2. The minimum Gasteiger partial charge on any atom is -0.211 e. The molecule has 0 aromatic heterocycles. The first-order chi connectivity index (χ1) is 7.09. The highest BCUT2D eigenvalue weighted by Crippen LogP contribution is 2.17. The Bertz CT molecular complexity index is 292. The van der Waals surface area contributed by atoms with E-state index in [2.05, 4.69) is 26.0 Å². The summed E-state index contributed by atoms with van der Waals surface area (Å²) < 4.78 is 23.9. The van der Waals surface area contributed by atoms with Gasteiger partial charge in [-0.2, -0.15) is 0 Å². The van der Waals surface area contributed by atoms with Crippen molar-refractivity contribution in [3.8, 4) is 0 Å². The van der Waals surface area contributed by atoms with Crippen LogP contribution in [0.15, 0.2) is 24.3 Å². The number of alkyl halides is 2. The molecule has 0 saturated carbocycles. The molecular formula is C13H18F2. The molecule has 0 saturated heterocycles. The zero-order valence-corrected chi connectivity index (χ0v) is 9.34. The lowest BCUT2D eigenvalue weighted by atomic mass is 9.99. The second-order valence-corrected chi connectivity index (χ2v) is 4.18. The van der Waals surface area contributed by atoms with E-state index in [4.69, 9.17) is 0 Å². The number of aryl methyl sites for hydroxylation is 1. The maximum atomic E-state index is 11.9. The molecule has 0 spiro atoms. The molecule has 84 valence electrons. The van der Waals surface area contributed by atoms with Crippen LogP contribution in [0, 0.1) is 0 Å². The fourth-order valence-electron chi connectivity index (χ4n) is 1.57. The number of hydrogen-bond acceptors (Lipinski definition) is 0. The second kappa shape index (κ2) is 5.84. The van der Waals surface area contributed by atoms with Crippen molar-refractivity contribution in [1.29, 1.82) is 0 Å². The first-order valence-corrected chi connectivity index (χ1v) is 5.46. The number of benzene rings is 1. The van der Waals surface area contributed by atoms with Crippen molar-refractivity contribution in [1.82, 2.24) is 0 Å². The van der Waals surface area contributed by atoms with Gasteiger partial charge in [-0.25, -0.2) is 8.78 Å². The van der Waals surface area contributed by atoms with Crippen molar-refractivity contribution >= 4 is 0 Å². The lowest BCUT2D eigenvalue weighted by molar-refractivity contribution is 0.135. The van der Waals surface area contributed by atoms with Crippen LogP contribution in [0.5, 0.6) is 0 Å². The van der Waals surface area contributed by atoms with Crippen molar-refractivity contribution in [2.45, 2.75) is 45.5 Å². The van der Waals surface area contributed by atoms with Crippen LogP contribution in [-0.2, 0) is 6.42 Å². The van der Waals surface area contributed by atoms with Crippen molar-refractivity contribution in [3.63, 3.8) is 0 Å². The molecule has 1 aromatic rings. The van der Waals surface area contributed by atoms with E-state index in [1.54, 1.807) is 0 Å². The molecule has 0 amide bonds. The van der Waals surface area contributed by atoms with E-state index >= 15 is 0 Å². The molecule has 0 radical (unpaired) electrons. The SMILES string of the molecule is CC(C)c1cccc(CCCC(F)F)c1. The van der Waals surface area contributed by atoms with Crippen molar-refractivity contribution in [2.75, 3.05) is 0 Å². The zero-order valence-electron chi connectivity index (χ0n) is 9.34. The summed E-state index contributed by atoms with van der Waals surface area (Å²) in [5.74, 6) is 0.500. The Morgan fingerprint density at radius 1 is 1.20 bits per heavy atom. The van der Waals surface area contributed by atoms with Gasteiger partial charge in [-0.3, -0.25) is 0 Å². The standard InChI is InChI=1S/C13H18F2/c1-10(2)12-7-3-5-11(9-12)6-4-8-13(14)15/h3,5,7,9-10,13H,4,6,8H2,1-2H3. The molecule has 1 rings (SSSR count). The highest BCUT2D eigenvalue weighted by molar-refractivity contribution is 5.25. The molecule has 0 unspecified atom stereocenters. The predicted molar refractivity (Wildman–Crippen MR) is 59.5 cm³/mol. The van der Waals surface area contributed by atoms with E-state index in [1.165, 1.54) is 11.1 Å². The molecule has 1 aromatic carbocycles. The minimum atomic E-state index is -2.17. The van der Waals surface area contributed by atoms with Crippen molar-refractivity contribution in [3.05, 3.63) is 35.4 Å². The Hall–Kier alpha value is -0.920. The lowest BCUT2D eigenvalue weighted by Gasteiger charge is -2.07. The van der Waals surface area contributed by atoms with Crippen LogP contribution in [0.3, 0.4) is 0 Å². The normalized spacial score (nSPS) is 11.3. The third-order valence-corrected chi connectivity index (χ3v) is 2.51. The van der Waals surface area contributed by atoms with Crippen LogP contribution in [0.1, 0.15) is 43.7 Å². The van der Waals surface area contributed by atoms with Crippen LogP contribution in [0.25, 0.3) is 0 Å². The topological polar surface area (TPSA) is 0 Å². The molecule has 0 heterocycles. The van der Waals surface area contributed by atoms with Crippen LogP contribution in [-0.4, -0.2) is 6.43 Å². The van der Waals surface area contributed by atoms with Gasteiger partial charge in [0.15, 0.2) is 0 Å². The largest absolute Gasteiger partial charge is 0.238 e. The molecule has 0 nitrogen and oxygen atoms in total. The van der Waals surface area contributed by atoms with Crippen LogP contribution in [0.4, 0.5) is 8.78 Å². The van der Waals surface area contributed by atoms with E-state index in [-0.39, 0.29) is 6.42 Å². The van der Waals surface area contributed by atoms with Gasteiger partial charge in [0.1, 0.15) is 0 Å². The summed E-state index contributed by atoms with van der Waals surface area (Å²) in [6, 6.07) is 8.22. The van der Waals surface area contributed by atoms with Crippen LogP contribution >= 0.6 is 0 Å². The van der Waals surface area contributed by atoms with Gasteiger partial charge in [-0.05, 0) is 29.9 Å². The summed E-state index contributed by atoms with van der Waals surface area (Å²) in [5, 5.41) is 0. The van der Waals surface area contributed by atoms with E-state index < -0.39 is 6.43 Å². The quantitative estimate of drug-likeness (QED) is 0.678. The van der Waals surface area contributed by atoms with Gasteiger partial charge in [-0.1, -0.05) is 38.1 Å². The van der Waals surface area contributed by atoms with Gasteiger partial charge in [-0.15, -0.1) is 0 Å². The zero-order chi connectivity index (χ0) is 11.3. The van der Waals surface area contributed by atoms with Crippen molar-refractivity contribution in [2.24, 2.45) is 0 Å². The Morgan fingerprint density at radius 2 is 1.93 bits per heavy atom. The summed E-state index contributed by atoms with van der Waals surface area (Å²) in [4.78, 5) is 0. The molecule has 0 aliphatic rings. The van der Waals surface area contributed by atoms with Gasteiger partial charge in [0.2, 0.25) is 6.43 Å². The van der Waals surface area contributed by atoms with Gasteiger partial charge in [0.25, 0.3) is 0 Å². The minimum absolute atomic E-state index is 0.00586. The predicted octanol–water partition coefficient (Wildman–Crippen LogP) is 4.40. The van der Waals surface area contributed by atoms with Gasteiger partial charge < -0.3 is 0 Å². The van der Waals surface area contributed by atoms with Gasteiger partial charge in [0.05, 0.1) is 0 Å². The molecule has 0 N–H and O–H groups in total. The second-order valence-electron chi connectivity index (χ2n) is 4.18. The van der Waals surface area contributed by atoms with E-state index in [1.807, 2.05) is 12.1 Å². The first kappa shape index (κ1) is 12.2. The fraction of sp³-hybridized carbons (Fsp3) is 0.538. The van der Waals surface area contributed by atoms with E-state index in [9.17, 15) is 8.78 Å². The molecule has 0 atom stereocenters. The maximum absolute atomic E-state index is 11.9. The Morgan fingerprint density at radius 3 is 2.53 bits per heavy atom. The van der Waals surface area contributed by atoms with Gasteiger partial charge >= 0.3 is 0 Å². The third-order valence-electron chi connectivity index (χ3n) is 2.51. The Labute approximate surface area is 90.3 Å². The van der Waals surface area contributed by atoms with E-state index in [0.717, 1.165) is 6.42 Å². The monoisotopic (exact) mass is 212 g/mol. The number of rotatable bonds is 5. The summed E-state index contributed by atoms with van der Waals surface area (Å²) in [5.41, 5.74) is 2.45. The lowest BCUT2D eigenvalue weighted by Crippen LogP contribution is -1.94. The van der Waals surface area contributed by atoms with E-state index in [0.29, 0.717) is 12.3 Å². The molecular weight excluding hydrogens is 194 g/mol. The smallest absolute Gasteiger partial charge is 0.211 e. The number of hydrogen-bond donors (Lipinski definition) is 0. The molecule has 2 heteroatoms. The highest BCUT2D eigenvalue weighted by Gasteiger charge is 2.03. The third kappa shape index (κ3) is 4.41. The summed E-state index contributed by atoms with van der Waals surface area (Å²) >= 11 is 0. The molecule has 15 heavy (non-hydrogen) atoms. The average Bonchev–Trinajstić information content (AvgIpc) is 2.17. The first-order valence-electron chi connectivity index (χ1n) is 5.46. The van der Waals surface area contributed by atoms with Crippen LogP contribution in [0.2, 0.25) is 0 Å². The molecule has 0 aliphatic carbocycles. The molecule has 0 bridgehead atoms. The van der Waals surface area contributed by atoms with Gasteiger partial charge in [0, 0.05) is 6.42 Å².